The van der Waals surface area contributed by atoms with Gasteiger partial charge >= 0.3 is 6.18 Å². The first kappa shape index (κ1) is 16.5. The molecule has 0 aliphatic heterocycles. The van der Waals surface area contributed by atoms with Crippen molar-refractivity contribution in [2.24, 2.45) is 5.73 Å². The molecule has 20 heavy (non-hydrogen) atoms. The fraction of sp³-hybridized carbons (Fsp3) is 0.500. The van der Waals surface area contributed by atoms with Gasteiger partial charge in [-0.05, 0) is 44.4 Å². The second-order valence-corrected chi connectivity index (χ2v) is 4.95. The average molecular weight is 288 g/mol. The van der Waals surface area contributed by atoms with Gasteiger partial charge in [0.15, 0.2) is 0 Å². The third-order valence-corrected chi connectivity index (χ3v) is 2.90. The van der Waals surface area contributed by atoms with Crippen molar-refractivity contribution in [1.29, 1.82) is 0 Å². The number of amides is 1. The van der Waals surface area contributed by atoms with Gasteiger partial charge in [-0.1, -0.05) is 6.07 Å². The van der Waals surface area contributed by atoms with Gasteiger partial charge < -0.3 is 11.1 Å². The molecule has 0 bridgehead atoms. The number of nitrogens with two attached hydrogens (primary N) is 1. The predicted octanol–water partition coefficient (Wildman–Crippen LogP) is 3.47. The van der Waals surface area contributed by atoms with Crippen LogP contribution in [0, 0.1) is 6.92 Å². The maximum Gasteiger partial charge on any atom is 0.416 e. The molecule has 0 aliphatic rings. The van der Waals surface area contributed by atoms with Gasteiger partial charge in [-0.3, -0.25) is 4.79 Å². The number of hydrogen-bond donors (Lipinski definition) is 2. The van der Waals surface area contributed by atoms with Crippen LogP contribution in [0.1, 0.15) is 37.3 Å². The summed E-state index contributed by atoms with van der Waals surface area (Å²) in [4.78, 5) is 11.7. The predicted molar refractivity (Wildman–Crippen MR) is 72.3 cm³/mol. The molecule has 1 amide bonds. The molecule has 1 rings (SSSR count). The van der Waals surface area contributed by atoms with Crippen molar-refractivity contribution in [3.05, 3.63) is 29.3 Å². The van der Waals surface area contributed by atoms with E-state index in [1.165, 1.54) is 6.07 Å². The number of halogens is 3. The first-order valence-corrected chi connectivity index (χ1v) is 6.43. The van der Waals surface area contributed by atoms with Gasteiger partial charge in [0.2, 0.25) is 5.91 Å². The van der Waals surface area contributed by atoms with Gasteiger partial charge in [-0.15, -0.1) is 0 Å². The zero-order valence-electron chi connectivity index (χ0n) is 11.6. The largest absolute Gasteiger partial charge is 0.416 e. The number of anilines is 1. The molecule has 1 aromatic rings. The maximum absolute atomic E-state index is 12.6. The Morgan fingerprint density at radius 3 is 2.60 bits per heavy atom. The number of aryl methyl sites for hydroxylation is 1. The van der Waals surface area contributed by atoms with E-state index in [0.717, 1.165) is 12.1 Å². The van der Waals surface area contributed by atoms with Crippen molar-refractivity contribution in [2.75, 3.05) is 5.32 Å². The molecule has 0 heterocycles. The lowest BCUT2D eigenvalue weighted by molar-refractivity contribution is -0.137. The fourth-order valence-electron chi connectivity index (χ4n) is 1.73. The quantitative estimate of drug-likeness (QED) is 0.871. The molecule has 0 spiro atoms. The van der Waals surface area contributed by atoms with Gasteiger partial charge in [-0.2, -0.15) is 13.2 Å². The Hall–Kier alpha value is -1.56. The van der Waals surface area contributed by atoms with Crippen LogP contribution in [0.25, 0.3) is 0 Å². The zero-order chi connectivity index (χ0) is 15.3. The minimum absolute atomic E-state index is 0.0121. The molecule has 3 nitrogen and oxygen atoms in total. The lowest BCUT2D eigenvalue weighted by Crippen LogP contribution is -2.17. The van der Waals surface area contributed by atoms with Crippen LogP contribution in [-0.4, -0.2) is 11.9 Å². The highest BCUT2D eigenvalue weighted by molar-refractivity contribution is 5.91. The summed E-state index contributed by atoms with van der Waals surface area (Å²) in [5.74, 6) is -0.298. The third kappa shape index (κ3) is 5.21. The second kappa shape index (κ2) is 6.74. The zero-order valence-corrected chi connectivity index (χ0v) is 11.6. The SMILES string of the molecule is Cc1ccc(C(F)(F)F)cc1NC(=O)CCCC(C)N. The summed E-state index contributed by atoms with van der Waals surface area (Å²) in [6.07, 6.45) is -2.85. The molecule has 0 saturated carbocycles. The molecule has 0 aliphatic carbocycles. The Balaban J connectivity index is 2.69. The Bertz CT molecular complexity index is 470. The number of nitrogens with one attached hydrogen (secondary N) is 1. The van der Waals surface area contributed by atoms with Crippen LogP contribution in [0.15, 0.2) is 18.2 Å². The van der Waals surface area contributed by atoms with Crippen molar-refractivity contribution >= 4 is 11.6 Å². The summed E-state index contributed by atoms with van der Waals surface area (Å²) in [6.45, 7) is 3.49. The third-order valence-electron chi connectivity index (χ3n) is 2.90. The van der Waals surface area contributed by atoms with Crippen molar-refractivity contribution in [3.8, 4) is 0 Å². The van der Waals surface area contributed by atoms with E-state index in [1.54, 1.807) is 6.92 Å². The molecule has 3 N–H and O–H groups in total. The Kier molecular flexibility index (Phi) is 5.56. The smallest absolute Gasteiger partial charge is 0.328 e. The summed E-state index contributed by atoms with van der Waals surface area (Å²) in [7, 11) is 0. The summed E-state index contributed by atoms with van der Waals surface area (Å²) in [5, 5.41) is 2.52. The lowest BCUT2D eigenvalue weighted by Gasteiger charge is -2.12. The molecule has 1 aromatic carbocycles. The van der Waals surface area contributed by atoms with Gasteiger partial charge in [0.25, 0.3) is 0 Å². The average Bonchev–Trinajstić information content (AvgIpc) is 2.30. The normalized spacial score (nSPS) is 13.1. The molecule has 6 heteroatoms. The van der Waals surface area contributed by atoms with E-state index in [2.05, 4.69) is 5.32 Å². The topological polar surface area (TPSA) is 55.1 Å². The highest BCUT2D eigenvalue weighted by atomic mass is 19.4. The van der Waals surface area contributed by atoms with Crippen LogP contribution in [0.2, 0.25) is 0 Å². The monoisotopic (exact) mass is 288 g/mol. The van der Waals surface area contributed by atoms with E-state index < -0.39 is 11.7 Å². The standard InChI is InChI=1S/C14H19F3N2O/c1-9-6-7-11(14(15,16)17)8-12(9)19-13(20)5-3-4-10(2)18/h6-8,10H,3-5,18H2,1-2H3,(H,19,20). The fourth-order valence-corrected chi connectivity index (χ4v) is 1.73. The number of hydrogen-bond acceptors (Lipinski definition) is 2. The Labute approximate surface area is 116 Å². The minimum Gasteiger partial charge on any atom is -0.328 e. The van der Waals surface area contributed by atoms with Gasteiger partial charge in [0.1, 0.15) is 0 Å². The van der Waals surface area contributed by atoms with Gasteiger partial charge in [0, 0.05) is 18.2 Å². The lowest BCUT2D eigenvalue weighted by atomic mass is 10.1. The molecule has 0 aromatic heterocycles. The first-order chi connectivity index (χ1) is 9.20. The molecule has 0 fully saturated rings. The number of carbonyl (C=O) groups excluding carboxylic acids is 1. The summed E-state index contributed by atoms with van der Waals surface area (Å²) < 4.78 is 37.8. The molecule has 0 radical (unpaired) electrons. The summed E-state index contributed by atoms with van der Waals surface area (Å²) >= 11 is 0. The van der Waals surface area contributed by atoms with E-state index in [4.69, 9.17) is 5.73 Å². The maximum atomic E-state index is 12.6. The van der Waals surface area contributed by atoms with Crippen molar-refractivity contribution in [1.82, 2.24) is 0 Å². The number of carbonyl (C=O) groups is 1. The van der Waals surface area contributed by atoms with E-state index >= 15 is 0 Å². The van der Waals surface area contributed by atoms with E-state index in [9.17, 15) is 18.0 Å². The number of benzene rings is 1. The van der Waals surface area contributed by atoms with Crippen molar-refractivity contribution in [3.63, 3.8) is 0 Å². The van der Waals surface area contributed by atoms with E-state index in [-0.39, 0.29) is 24.1 Å². The van der Waals surface area contributed by atoms with Crippen molar-refractivity contribution < 1.29 is 18.0 Å². The van der Waals surface area contributed by atoms with Crippen LogP contribution < -0.4 is 11.1 Å². The molecular weight excluding hydrogens is 269 g/mol. The van der Waals surface area contributed by atoms with E-state index in [1.807, 2.05) is 6.92 Å². The molecule has 112 valence electrons. The highest BCUT2D eigenvalue weighted by Gasteiger charge is 2.30. The van der Waals surface area contributed by atoms with Crippen molar-refractivity contribution in [2.45, 2.75) is 45.3 Å². The van der Waals surface area contributed by atoms with Crippen LogP contribution >= 0.6 is 0 Å². The Morgan fingerprint density at radius 1 is 1.40 bits per heavy atom. The van der Waals surface area contributed by atoms with E-state index in [0.29, 0.717) is 18.4 Å². The first-order valence-electron chi connectivity index (χ1n) is 6.43. The summed E-state index contributed by atoms with van der Waals surface area (Å²) in [6, 6.07) is 3.32. The number of rotatable bonds is 5. The second-order valence-electron chi connectivity index (χ2n) is 4.95. The minimum atomic E-state index is -4.41. The summed E-state index contributed by atoms with van der Waals surface area (Å²) in [5.41, 5.74) is 5.59. The van der Waals surface area contributed by atoms with Crippen LogP contribution in [0.4, 0.5) is 18.9 Å². The van der Waals surface area contributed by atoms with Crippen LogP contribution in [-0.2, 0) is 11.0 Å². The van der Waals surface area contributed by atoms with Crippen LogP contribution in [0.5, 0.6) is 0 Å². The molecule has 1 atom stereocenters. The molecule has 0 saturated heterocycles. The van der Waals surface area contributed by atoms with Gasteiger partial charge in [0.05, 0.1) is 5.56 Å². The molecule has 1 unspecified atom stereocenters. The van der Waals surface area contributed by atoms with Crippen LogP contribution in [0.3, 0.4) is 0 Å². The Morgan fingerprint density at radius 2 is 2.05 bits per heavy atom. The number of alkyl halides is 3. The molecular formula is C14H19F3N2O. The highest BCUT2D eigenvalue weighted by Crippen LogP contribution is 2.32. The van der Waals surface area contributed by atoms with Gasteiger partial charge in [-0.25, -0.2) is 0 Å².